The Kier molecular flexibility index (Phi) is 6.25. The van der Waals surface area contributed by atoms with Gasteiger partial charge in [0.05, 0.1) is 19.8 Å². The Bertz CT molecular complexity index is 704. The summed E-state index contributed by atoms with van der Waals surface area (Å²) in [5, 5.41) is 21.4. The van der Waals surface area contributed by atoms with Crippen molar-refractivity contribution in [2.75, 3.05) is 13.7 Å². The average Bonchev–Trinajstić information content (AvgIpc) is 2.59. The van der Waals surface area contributed by atoms with E-state index < -0.39 is 12.1 Å². The molecule has 6 nitrogen and oxygen atoms in total. The molecule has 0 radical (unpaired) electrons. The predicted octanol–water partition coefficient (Wildman–Crippen LogP) is 3.06. The van der Waals surface area contributed by atoms with E-state index in [1.54, 1.807) is 24.3 Å². The van der Waals surface area contributed by atoms with E-state index in [2.05, 4.69) is 10.1 Å². The number of benzene rings is 2. The van der Waals surface area contributed by atoms with Gasteiger partial charge in [-0.25, -0.2) is 4.79 Å². The molecule has 2 aromatic carbocycles. The zero-order valence-electron chi connectivity index (χ0n) is 14.6. The lowest BCUT2D eigenvalue weighted by Gasteiger charge is -2.18. The average molecular weight is 345 g/mol. The standard InChI is InChI=1S/C19H23NO5/c1-12-8-14(10-15(11-21)20-19(23)24-3)9-13(2)18(12)25-17-6-4-16(22)5-7-17/h4-9,15,21-22H,10-11H2,1-3H3,(H,20,23). The van der Waals surface area contributed by atoms with Crippen molar-refractivity contribution in [2.24, 2.45) is 0 Å². The van der Waals surface area contributed by atoms with Crippen molar-refractivity contribution in [1.29, 1.82) is 0 Å². The summed E-state index contributed by atoms with van der Waals surface area (Å²) in [6.45, 7) is 3.70. The summed E-state index contributed by atoms with van der Waals surface area (Å²) in [6, 6.07) is 10.0. The van der Waals surface area contributed by atoms with Gasteiger partial charge in [0.2, 0.25) is 0 Å². The molecule has 0 spiro atoms. The summed E-state index contributed by atoms with van der Waals surface area (Å²) < 4.78 is 10.5. The van der Waals surface area contributed by atoms with Gasteiger partial charge in [-0.15, -0.1) is 0 Å². The lowest BCUT2D eigenvalue weighted by Crippen LogP contribution is -2.39. The molecule has 0 aliphatic carbocycles. The summed E-state index contributed by atoms with van der Waals surface area (Å²) >= 11 is 0. The van der Waals surface area contributed by atoms with Crippen LogP contribution in [0.3, 0.4) is 0 Å². The van der Waals surface area contributed by atoms with Crippen LogP contribution < -0.4 is 10.1 Å². The minimum absolute atomic E-state index is 0.182. The molecule has 2 aromatic rings. The van der Waals surface area contributed by atoms with Crippen LogP contribution in [0.2, 0.25) is 0 Å². The van der Waals surface area contributed by atoms with Crippen LogP contribution in [0.1, 0.15) is 16.7 Å². The van der Waals surface area contributed by atoms with Crippen molar-refractivity contribution in [3.05, 3.63) is 53.1 Å². The molecule has 6 heteroatoms. The third kappa shape index (κ3) is 5.12. The molecule has 1 amide bonds. The van der Waals surface area contributed by atoms with Crippen LogP contribution in [0.4, 0.5) is 4.79 Å². The highest BCUT2D eigenvalue weighted by Gasteiger charge is 2.14. The number of rotatable bonds is 6. The van der Waals surface area contributed by atoms with Gasteiger partial charge >= 0.3 is 6.09 Å². The molecule has 134 valence electrons. The van der Waals surface area contributed by atoms with E-state index in [1.165, 1.54) is 7.11 Å². The van der Waals surface area contributed by atoms with E-state index >= 15 is 0 Å². The van der Waals surface area contributed by atoms with Crippen molar-refractivity contribution >= 4 is 6.09 Å². The molecule has 0 aliphatic heterocycles. The second kappa shape index (κ2) is 8.39. The Labute approximate surface area is 147 Å². The number of aliphatic hydroxyl groups is 1. The molecular formula is C19H23NO5. The van der Waals surface area contributed by atoms with Crippen LogP contribution in [0, 0.1) is 13.8 Å². The van der Waals surface area contributed by atoms with Crippen molar-refractivity contribution in [3.63, 3.8) is 0 Å². The number of alkyl carbamates (subject to hydrolysis) is 1. The molecular weight excluding hydrogens is 322 g/mol. The SMILES string of the molecule is COC(=O)NC(CO)Cc1cc(C)c(Oc2ccc(O)cc2)c(C)c1. The smallest absolute Gasteiger partial charge is 0.407 e. The van der Waals surface area contributed by atoms with Gasteiger partial charge in [0.25, 0.3) is 0 Å². The largest absolute Gasteiger partial charge is 0.508 e. The minimum Gasteiger partial charge on any atom is -0.508 e. The number of aryl methyl sites for hydroxylation is 2. The van der Waals surface area contributed by atoms with Crippen LogP contribution in [0.5, 0.6) is 17.2 Å². The monoisotopic (exact) mass is 345 g/mol. The van der Waals surface area contributed by atoms with Crippen LogP contribution in [-0.2, 0) is 11.2 Å². The number of aliphatic hydroxyl groups excluding tert-OH is 1. The number of methoxy groups -OCH3 is 1. The number of phenolic OH excluding ortho intramolecular Hbond substituents is 1. The van der Waals surface area contributed by atoms with E-state index in [0.29, 0.717) is 12.2 Å². The Balaban J connectivity index is 2.15. The first-order chi connectivity index (χ1) is 11.9. The highest BCUT2D eigenvalue weighted by molar-refractivity contribution is 5.67. The number of carbonyl (C=O) groups is 1. The number of amides is 1. The van der Waals surface area contributed by atoms with Crippen LogP contribution in [0.25, 0.3) is 0 Å². The van der Waals surface area contributed by atoms with Crippen LogP contribution in [0.15, 0.2) is 36.4 Å². The lowest BCUT2D eigenvalue weighted by molar-refractivity contribution is 0.157. The maximum Gasteiger partial charge on any atom is 0.407 e. The highest BCUT2D eigenvalue weighted by atomic mass is 16.5. The van der Waals surface area contributed by atoms with Crippen molar-refractivity contribution in [2.45, 2.75) is 26.3 Å². The number of nitrogens with one attached hydrogen (secondary N) is 1. The third-order valence-corrected chi connectivity index (χ3v) is 3.79. The molecule has 0 saturated heterocycles. The van der Waals surface area contributed by atoms with E-state index in [1.807, 2.05) is 26.0 Å². The molecule has 0 fully saturated rings. The molecule has 1 atom stereocenters. The Morgan fingerprint density at radius 3 is 2.28 bits per heavy atom. The maximum atomic E-state index is 11.3. The summed E-state index contributed by atoms with van der Waals surface area (Å²) in [5.41, 5.74) is 2.86. The number of carbonyl (C=O) groups excluding carboxylic acids is 1. The molecule has 0 aromatic heterocycles. The molecule has 2 rings (SSSR count). The summed E-state index contributed by atoms with van der Waals surface area (Å²) in [5.74, 6) is 1.57. The van der Waals surface area contributed by atoms with Crippen molar-refractivity contribution in [1.82, 2.24) is 5.32 Å². The second-order valence-corrected chi connectivity index (χ2v) is 5.87. The Morgan fingerprint density at radius 2 is 1.76 bits per heavy atom. The Morgan fingerprint density at radius 1 is 1.16 bits per heavy atom. The quantitative estimate of drug-likeness (QED) is 0.749. The molecule has 3 N–H and O–H groups in total. The Hall–Kier alpha value is -2.73. The lowest BCUT2D eigenvalue weighted by atomic mass is 10.0. The van der Waals surface area contributed by atoms with Gasteiger partial charge in [0.1, 0.15) is 17.2 Å². The van der Waals surface area contributed by atoms with E-state index in [4.69, 9.17) is 4.74 Å². The first kappa shape index (κ1) is 18.6. The fourth-order valence-electron chi connectivity index (χ4n) is 2.62. The van der Waals surface area contributed by atoms with Crippen molar-refractivity contribution < 1.29 is 24.5 Å². The van der Waals surface area contributed by atoms with E-state index in [9.17, 15) is 15.0 Å². The zero-order chi connectivity index (χ0) is 18.4. The number of hydrogen-bond donors (Lipinski definition) is 3. The van der Waals surface area contributed by atoms with Gasteiger partial charge in [0.15, 0.2) is 0 Å². The second-order valence-electron chi connectivity index (χ2n) is 5.87. The zero-order valence-corrected chi connectivity index (χ0v) is 14.6. The van der Waals surface area contributed by atoms with Gasteiger partial charge in [-0.1, -0.05) is 12.1 Å². The summed E-state index contributed by atoms with van der Waals surface area (Å²) in [6.07, 6.45) is -0.0907. The number of phenols is 1. The topological polar surface area (TPSA) is 88.0 Å². The third-order valence-electron chi connectivity index (χ3n) is 3.79. The van der Waals surface area contributed by atoms with Gasteiger partial charge in [-0.2, -0.15) is 0 Å². The van der Waals surface area contributed by atoms with E-state index in [-0.39, 0.29) is 12.4 Å². The van der Waals surface area contributed by atoms with Crippen molar-refractivity contribution in [3.8, 4) is 17.2 Å². The first-order valence-corrected chi connectivity index (χ1v) is 7.95. The molecule has 0 heterocycles. The maximum absolute atomic E-state index is 11.3. The molecule has 1 unspecified atom stereocenters. The van der Waals surface area contributed by atoms with Gasteiger partial charge < -0.3 is 25.0 Å². The molecule has 0 saturated carbocycles. The summed E-state index contributed by atoms with van der Waals surface area (Å²) in [7, 11) is 1.29. The van der Waals surface area contributed by atoms with E-state index in [0.717, 1.165) is 22.4 Å². The normalized spacial score (nSPS) is 11.7. The summed E-state index contributed by atoms with van der Waals surface area (Å²) in [4.78, 5) is 11.3. The van der Waals surface area contributed by atoms with Gasteiger partial charge in [-0.05, 0) is 61.2 Å². The van der Waals surface area contributed by atoms with Gasteiger partial charge in [-0.3, -0.25) is 0 Å². The van der Waals surface area contributed by atoms with Gasteiger partial charge in [0, 0.05) is 0 Å². The fourth-order valence-corrected chi connectivity index (χ4v) is 2.62. The predicted molar refractivity (Wildman–Crippen MR) is 94.2 cm³/mol. The number of hydrogen-bond acceptors (Lipinski definition) is 5. The number of aromatic hydroxyl groups is 1. The molecule has 0 aliphatic rings. The van der Waals surface area contributed by atoms with Crippen LogP contribution >= 0.6 is 0 Å². The highest BCUT2D eigenvalue weighted by Crippen LogP contribution is 2.31. The van der Waals surface area contributed by atoms with Crippen LogP contribution in [-0.4, -0.2) is 36.1 Å². The molecule has 25 heavy (non-hydrogen) atoms. The molecule has 0 bridgehead atoms. The first-order valence-electron chi connectivity index (χ1n) is 7.95. The fraction of sp³-hybridized carbons (Fsp3) is 0.316. The minimum atomic E-state index is -0.570. The number of ether oxygens (including phenoxy) is 2.